The quantitative estimate of drug-likeness (QED) is 0.937. The molecule has 22 heavy (non-hydrogen) atoms. The normalized spacial score (nSPS) is 19.0. The van der Waals surface area contributed by atoms with Crippen LogP contribution in [0.25, 0.3) is 0 Å². The van der Waals surface area contributed by atoms with Crippen LogP contribution in [0.5, 0.6) is 0 Å². The molecule has 1 amide bonds. The maximum Gasteiger partial charge on any atom is 0.229 e. The van der Waals surface area contributed by atoms with E-state index in [4.69, 9.17) is 4.52 Å². The van der Waals surface area contributed by atoms with Crippen LogP contribution in [0.2, 0.25) is 0 Å². The van der Waals surface area contributed by atoms with Crippen molar-refractivity contribution in [1.82, 2.24) is 15.0 Å². The monoisotopic (exact) mass is 300 g/mol. The van der Waals surface area contributed by atoms with E-state index in [2.05, 4.69) is 20.4 Å². The molecule has 3 rings (SSSR count). The van der Waals surface area contributed by atoms with E-state index in [9.17, 15) is 4.79 Å². The van der Waals surface area contributed by atoms with Gasteiger partial charge in [-0.1, -0.05) is 11.2 Å². The van der Waals surface area contributed by atoms with Gasteiger partial charge in [0.15, 0.2) is 0 Å². The topological polar surface area (TPSA) is 71.3 Å². The summed E-state index contributed by atoms with van der Waals surface area (Å²) in [6.07, 6.45) is 5.25. The van der Waals surface area contributed by atoms with Crippen LogP contribution in [0.15, 0.2) is 35.2 Å². The third-order valence-electron chi connectivity index (χ3n) is 3.92. The van der Waals surface area contributed by atoms with Crippen molar-refractivity contribution < 1.29 is 9.32 Å². The summed E-state index contributed by atoms with van der Waals surface area (Å²) in [5, 5.41) is 6.84. The highest BCUT2D eigenvalue weighted by molar-refractivity contribution is 5.91. The largest absolute Gasteiger partial charge is 0.364 e. The van der Waals surface area contributed by atoms with Crippen molar-refractivity contribution >= 4 is 11.7 Å². The van der Waals surface area contributed by atoms with Gasteiger partial charge in [0.2, 0.25) is 5.91 Å². The average molecular weight is 300 g/mol. The lowest BCUT2D eigenvalue weighted by atomic mass is 9.97. The number of hydrogen-bond donors (Lipinski definition) is 1. The Labute approximate surface area is 129 Å². The number of carbonyl (C=O) groups is 1. The van der Waals surface area contributed by atoms with Crippen molar-refractivity contribution in [2.75, 3.05) is 18.4 Å². The van der Waals surface area contributed by atoms with E-state index < -0.39 is 0 Å². The van der Waals surface area contributed by atoms with Gasteiger partial charge in [0.1, 0.15) is 12.1 Å². The Hall–Kier alpha value is -2.21. The molecule has 1 fully saturated rings. The lowest BCUT2D eigenvalue weighted by molar-refractivity contribution is -0.121. The van der Waals surface area contributed by atoms with Crippen molar-refractivity contribution in [2.24, 2.45) is 5.92 Å². The lowest BCUT2D eigenvalue weighted by Crippen LogP contribution is -2.40. The summed E-state index contributed by atoms with van der Waals surface area (Å²) in [5.74, 6) is 0.647. The highest BCUT2D eigenvalue weighted by Crippen LogP contribution is 2.19. The van der Waals surface area contributed by atoms with E-state index in [1.807, 2.05) is 25.1 Å². The van der Waals surface area contributed by atoms with Gasteiger partial charge in [-0.3, -0.25) is 9.69 Å². The Balaban J connectivity index is 1.56. The van der Waals surface area contributed by atoms with Gasteiger partial charge in [0, 0.05) is 25.4 Å². The van der Waals surface area contributed by atoms with Gasteiger partial charge >= 0.3 is 0 Å². The van der Waals surface area contributed by atoms with Crippen molar-refractivity contribution in [3.8, 4) is 0 Å². The Morgan fingerprint density at radius 3 is 3.09 bits per heavy atom. The summed E-state index contributed by atoms with van der Waals surface area (Å²) in [6.45, 7) is 4.43. The molecule has 0 unspecified atom stereocenters. The molecule has 1 aliphatic rings. The zero-order chi connectivity index (χ0) is 15.4. The second-order valence-electron chi connectivity index (χ2n) is 5.78. The summed E-state index contributed by atoms with van der Waals surface area (Å²) in [4.78, 5) is 18.9. The second-order valence-corrected chi connectivity index (χ2v) is 5.78. The molecule has 3 heterocycles. The number of anilines is 1. The maximum absolute atomic E-state index is 12.4. The third-order valence-corrected chi connectivity index (χ3v) is 3.92. The van der Waals surface area contributed by atoms with Gasteiger partial charge in [0.05, 0.1) is 11.6 Å². The van der Waals surface area contributed by atoms with Gasteiger partial charge in [-0.25, -0.2) is 4.98 Å². The molecule has 0 aliphatic carbocycles. The summed E-state index contributed by atoms with van der Waals surface area (Å²) >= 11 is 0. The molecule has 1 saturated heterocycles. The highest BCUT2D eigenvalue weighted by Gasteiger charge is 2.26. The summed E-state index contributed by atoms with van der Waals surface area (Å²) in [5.41, 5.74) is 1.98. The first-order valence-corrected chi connectivity index (χ1v) is 7.56. The molecule has 2 aromatic rings. The molecule has 1 N–H and O–H groups in total. The smallest absolute Gasteiger partial charge is 0.229 e. The molecule has 6 nitrogen and oxygen atoms in total. The molecule has 116 valence electrons. The van der Waals surface area contributed by atoms with Gasteiger partial charge in [-0.05, 0) is 37.9 Å². The number of rotatable bonds is 4. The van der Waals surface area contributed by atoms with Crippen molar-refractivity contribution in [2.45, 2.75) is 26.3 Å². The van der Waals surface area contributed by atoms with Crippen molar-refractivity contribution in [1.29, 1.82) is 0 Å². The van der Waals surface area contributed by atoms with E-state index in [0.29, 0.717) is 5.82 Å². The Bertz CT molecular complexity index is 610. The van der Waals surface area contributed by atoms with Crippen LogP contribution >= 0.6 is 0 Å². The molecule has 0 aromatic carbocycles. The molecule has 1 aliphatic heterocycles. The minimum atomic E-state index is -0.0104. The fourth-order valence-electron chi connectivity index (χ4n) is 2.73. The predicted octanol–water partition coefficient (Wildman–Crippen LogP) is 2.23. The first-order chi connectivity index (χ1) is 10.7. The molecule has 0 radical (unpaired) electrons. The third kappa shape index (κ3) is 3.71. The number of hydrogen-bond acceptors (Lipinski definition) is 5. The van der Waals surface area contributed by atoms with Crippen molar-refractivity contribution in [3.05, 3.63) is 41.9 Å². The van der Waals surface area contributed by atoms with Gasteiger partial charge in [0.25, 0.3) is 0 Å². The van der Waals surface area contributed by atoms with Crippen LogP contribution in [-0.2, 0) is 11.3 Å². The molecule has 1 atom stereocenters. The number of piperidine rings is 1. The van der Waals surface area contributed by atoms with Crippen LogP contribution in [0.3, 0.4) is 0 Å². The number of aromatic nitrogens is 2. The van der Waals surface area contributed by atoms with Crippen LogP contribution in [0.4, 0.5) is 5.82 Å². The van der Waals surface area contributed by atoms with E-state index in [1.54, 1.807) is 12.5 Å². The number of amides is 1. The predicted molar refractivity (Wildman–Crippen MR) is 82.1 cm³/mol. The molecule has 0 bridgehead atoms. The molecule has 6 heteroatoms. The van der Waals surface area contributed by atoms with Gasteiger partial charge in [-0.2, -0.15) is 0 Å². The van der Waals surface area contributed by atoms with Crippen molar-refractivity contribution in [3.63, 3.8) is 0 Å². The van der Waals surface area contributed by atoms with E-state index >= 15 is 0 Å². The number of aryl methyl sites for hydroxylation is 1. The first kappa shape index (κ1) is 14.7. The number of pyridine rings is 1. The molecule has 0 saturated carbocycles. The van der Waals surface area contributed by atoms with Crippen LogP contribution in [-0.4, -0.2) is 34.0 Å². The van der Waals surface area contributed by atoms with E-state index in [1.165, 1.54) is 0 Å². The van der Waals surface area contributed by atoms with E-state index in [0.717, 1.165) is 43.7 Å². The minimum Gasteiger partial charge on any atom is -0.364 e. The van der Waals surface area contributed by atoms with Crippen LogP contribution in [0, 0.1) is 12.8 Å². The first-order valence-electron chi connectivity index (χ1n) is 7.56. The maximum atomic E-state index is 12.4. The highest BCUT2D eigenvalue weighted by atomic mass is 16.5. The average Bonchev–Trinajstić information content (AvgIpc) is 3.03. The summed E-state index contributed by atoms with van der Waals surface area (Å²) < 4.78 is 4.85. The summed E-state index contributed by atoms with van der Waals surface area (Å²) in [7, 11) is 0. The molecular weight excluding hydrogens is 280 g/mol. The Morgan fingerprint density at radius 2 is 2.36 bits per heavy atom. The SMILES string of the molecule is Cc1ccc(NC(=O)[C@H]2CCCN(Cc3ccon3)C2)nc1. The number of nitrogens with one attached hydrogen (secondary N) is 1. The second kappa shape index (κ2) is 6.70. The number of carbonyl (C=O) groups excluding carboxylic acids is 1. The summed E-state index contributed by atoms with van der Waals surface area (Å²) in [6, 6.07) is 5.64. The fraction of sp³-hybridized carbons (Fsp3) is 0.438. The van der Waals surface area contributed by atoms with Crippen LogP contribution in [0.1, 0.15) is 24.1 Å². The van der Waals surface area contributed by atoms with Gasteiger partial charge < -0.3 is 9.84 Å². The fourth-order valence-corrected chi connectivity index (χ4v) is 2.73. The Morgan fingerprint density at radius 1 is 1.45 bits per heavy atom. The number of likely N-dealkylation sites (tertiary alicyclic amines) is 1. The zero-order valence-electron chi connectivity index (χ0n) is 12.7. The van der Waals surface area contributed by atoms with Gasteiger partial charge in [-0.15, -0.1) is 0 Å². The molecule has 0 spiro atoms. The standard InChI is InChI=1S/C16H20N4O2/c1-12-4-5-15(17-9-12)18-16(21)13-3-2-7-20(10-13)11-14-6-8-22-19-14/h4-6,8-9,13H,2-3,7,10-11H2,1H3,(H,17,18,21)/t13-/m0/s1. The minimum absolute atomic E-state index is 0.0104. The Kier molecular flexibility index (Phi) is 4.48. The number of nitrogens with zero attached hydrogens (tertiary/aromatic N) is 3. The molecular formula is C16H20N4O2. The van der Waals surface area contributed by atoms with Crippen LogP contribution < -0.4 is 5.32 Å². The van der Waals surface area contributed by atoms with E-state index in [-0.39, 0.29) is 11.8 Å². The lowest BCUT2D eigenvalue weighted by Gasteiger charge is -2.31. The molecule has 2 aromatic heterocycles. The zero-order valence-corrected chi connectivity index (χ0v) is 12.7.